The first kappa shape index (κ1) is 23.8. The minimum atomic E-state index is -0.526. The van der Waals surface area contributed by atoms with Crippen LogP contribution in [0.5, 0.6) is 0 Å². The maximum atomic E-state index is 13.8. The van der Waals surface area contributed by atoms with Gasteiger partial charge in [0.2, 0.25) is 0 Å². The highest BCUT2D eigenvalue weighted by molar-refractivity contribution is 6.44. The fourth-order valence-electron chi connectivity index (χ4n) is 4.29. The molecule has 7 nitrogen and oxygen atoms in total. The van der Waals surface area contributed by atoms with Crippen molar-refractivity contribution in [2.45, 2.75) is 19.9 Å². The van der Waals surface area contributed by atoms with Crippen molar-refractivity contribution in [1.82, 2.24) is 14.7 Å². The molecule has 1 aliphatic rings. The molecule has 1 N–H and O–H groups in total. The summed E-state index contributed by atoms with van der Waals surface area (Å²) < 4.78 is 2.89. The number of nitrogens with zero attached hydrogens (tertiary/aromatic N) is 3. The van der Waals surface area contributed by atoms with E-state index in [1.165, 1.54) is 9.58 Å². The number of benzene rings is 2. The summed E-state index contributed by atoms with van der Waals surface area (Å²) in [6, 6.07) is 19.4. The molecule has 5 rings (SSSR count). The molecular weight excluding hydrogens is 499 g/mol. The second-order valence-corrected chi connectivity index (χ2v) is 9.06. The summed E-state index contributed by atoms with van der Waals surface area (Å²) in [5, 5.41) is 3.73. The highest BCUT2D eigenvalue weighted by atomic mass is 35.5. The highest BCUT2D eigenvalue weighted by Gasteiger charge is 2.47. The zero-order chi connectivity index (χ0) is 25.4. The van der Waals surface area contributed by atoms with Crippen LogP contribution in [0.4, 0.5) is 0 Å². The van der Waals surface area contributed by atoms with Crippen LogP contribution in [0.15, 0.2) is 83.9 Å². The Morgan fingerprint density at radius 1 is 0.861 bits per heavy atom. The van der Waals surface area contributed by atoms with Gasteiger partial charge in [-0.25, -0.2) is 4.68 Å². The third-order valence-electron chi connectivity index (χ3n) is 6.03. The smallest absolute Gasteiger partial charge is 0.294 e. The number of aromatic nitrogens is 3. The number of carbonyl (C=O) groups is 2. The molecule has 0 bridgehead atoms. The van der Waals surface area contributed by atoms with Crippen molar-refractivity contribution in [2.24, 2.45) is 0 Å². The zero-order valence-corrected chi connectivity index (χ0v) is 20.8. The van der Waals surface area contributed by atoms with Crippen LogP contribution < -0.4 is 10.1 Å². The number of hydrogen-bond acceptors (Lipinski definition) is 3. The maximum Gasteiger partial charge on any atom is 0.327 e. The lowest BCUT2D eigenvalue weighted by atomic mass is 10.0. The Morgan fingerprint density at radius 3 is 2.22 bits per heavy atom. The summed E-state index contributed by atoms with van der Waals surface area (Å²) in [6.45, 7) is 1.96. The first-order valence-corrected chi connectivity index (χ1v) is 12.1. The molecule has 0 radical (unpaired) electrons. The predicted molar refractivity (Wildman–Crippen MR) is 138 cm³/mol. The first-order valence-electron chi connectivity index (χ1n) is 11.3. The predicted octanol–water partition coefficient (Wildman–Crippen LogP) is 4.26. The van der Waals surface area contributed by atoms with E-state index in [2.05, 4.69) is 5.10 Å². The molecule has 4 aromatic rings. The molecule has 0 aliphatic carbocycles. The standard InChI is InChI=1S/C27H20Cl2N4O3/c1-2-21-22(26(35)33(30-21)18-11-12-19(28)20(29)15-18)23-24(31-13-7-4-8-14-31)27(36)32(25(23)34)16-17-9-5-3-6-10-17/h3-15H,2,16H2,1H3/p+1. The maximum absolute atomic E-state index is 13.8. The Labute approximate surface area is 216 Å². The van der Waals surface area contributed by atoms with Crippen LogP contribution in [0.1, 0.15) is 23.7 Å². The molecular formula is C27H21Cl2N4O3+. The van der Waals surface area contributed by atoms with Crippen molar-refractivity contribution >= 4 is 46.3 Å². The Morgan fingerprint density at radius 2 is 1.56 bits per heavy atom. The van der Waals surface area contributed by atoms with Crippen LogP contribution in [0.2, 0.25) is 10.0 Å². The average Bonchev–Trinajstić information content (AvgIpc) is 3.34. The largest absolute Gasteiger partial charge is 0.327 e. The number of amides is 2. The molecule has 36 heavy (non-hydrogen) atoms. The first-order chi connectivity index (χ1) is 17.4. The van der Waals surface area contributed by atoms with Crippen molar-refractivity contribution in [1.29, 1.82) is 0 Å². The second-order valence-electron chi connectivity index (χ2n) is 8.25. The van der Waals surface area contributed by atoms with E-state index in [9.17, 15) is 14.4 Å². The van der Waals surface area contributed by atoms with E-state index < -0.39 is 17.4 Å². The van der Waals surface area contributed by atoms with E-state index in [1.807, 2.05) is 43.3 Å². The van der Waals surface area contributed by atoms with Gasteiger partial charge in [-0.3, -0.25) is 24.4 Å². The van der Waals surface area contributed by atoms with Crippen LogP contribution in [-0.2, 0) is 22.6 Å². The van der Waals surface area contributed by atoms with E-state index in [4.69, 9.17) is 23.2 Å². The van der Waals surface area contributed by atoms with Gasteiger partial charge < -0.3 is 0 Å². The highest BCUT2D eigenvalue weighted by Crippen LogP contribution is 2.32. The van der Waals surface area contributed by atoms with Gasteiger partial charge >= 0.3 is 5.91 Å². The Kier molecular flexibility index (Phi) is 6.35. The topological polar surface area (TPSA) is 79.1 Å². The Balaban J connectivity index is 1.71. The molecule has 2 aromatic carbocycles. The van der Waals surface area contributed by atoms with Gasteiger partial charge in [-0.15, -0.1) is 0 Å². The lowest BCUT2D eigenvalue weighted by Crippen LogP contribution is -2.39. The van der Waals surface area contributed by atoms with Crippen molar-refractivity contribution < 1.29 is 14.2 Å². The van der Waals surface area contributed by atoms with Crippen LogP contribution in [0.25, 0.3) is 17.0 Å². The molecule has 2 aromatic heterocycles. The summed E-state index contributed by atoms with van der Waals surface area (Å²) in [7, 11) is 0. The number of aromatic amines is 1. The van der Waals surface area contributed by atoms with Gasteiger partial charge in [-0.2, -0.15) is 4.57 Å². The third kappa shape index (κ3) is 4.06. The monoisotopic (exact) mass is 519 g/mol. The number of pyridine rings is 1. The number of nitrogens with one attached hydrogen (secondary N) is 1. The van der Waals surface area contributed by atoms with E-state index in [1.54, 1.807) is 47.3 Å². The van der Waals surface area contributed by atoms with Gasteiger partial charge in [-0.1, -0.05) is 66.5 Å². The lowest BCUT2D eigenvalue weighted by molar-refractivity contribution is -0.576. The molecule has 0 unspecified atom stereocenters. The molecule has 9 heteroatoms. The van der Waals surface area contributed by atoms with E-state index in [0.29, 0.717) is 22.8 Å². The number of imide groups is 1. The van der Waals surface area contributed by atoms with Crippen LogP contribution in [0, 0.1) is 0 Å². The SMILES string of the molecule is CCc1[nH]n(-c2ccc(Cl)c(Cl)c2)c(=O)c1C1=C([n+]2ccccc2)C(=O)N(Cc2ccccc2)C1=O. The molecule has 180 valence electrons. The quantitative estimate of drug-likeness (QED) is 0.305. The van der Waals surface area contributed by atoms with Gasteiger partial charge in [0.1, 0.15) is 5.57 Å². The molecule has 0 saturated carbocycles. The summed E-state index contributed by atoms with van der Waals surface area (Å²) in [6.07, 6.45) is 3.79. The van der Waals surface area contributed by atoms with Crippen molar-refractivity contribution in [2.75, 3.05) is 0 Å². The molecule has 0 atom stereocenters. The third-order valence-corrected chi connectivity index (χ3v) is 6.77. The molecule has 1 aliphatic heterocycles. The van der Waals surface area contributed by atoms with E-state index in [0.717, 1.165) is 5.56 Å². The Bertz CT molecular complexity index is 1570. The van der Waals surface area contributed by atoms with Gasteiger partial charge in [0.05, 0.1) is 27.8 Å². The van der Waals surface area contributed by atoms with Crippen LogP contribution in [0.3, 0.4) is 0 Å². The number of rotatable bonds is 6. The summed E-state index contributed by atoms with van der Waals surface area (Å²) in [5.41, 5.74) is 1.67. The molecule has 0 fully saturated rings. The van der Waals surface area contributed by atoms with Crippen LogP contribution >= 0.6 is 23.2 Å². The molecule has 3 heterocycles. The number of H-pyrrole nitrogens is 1. The summed E-state index contributed by atoms with van der Waals surface area (Å²) in [4.78, 5) is 42.4. The molecule has 0 spiro atoms. The summed E-state index contributed by atoms with van der Waals surface area (Å²) >= 11 is 12.2. The summed E-state index contributed by atoms with van der Waals surface area (Å²) in [5.74, 6) is -0.999. The van der Waals surface area contributed by atoms with Gasteiger partial charge in [0.15, 0.2) is 12.4 Å². The second kappa shape index (κ2) is 9.60. The molecule has 0 saturated heterocycles. The molecule has 2 amide bonds. The zero-order valence-electron chi connectivity index (χ0n) is 19.2. The number of hydrogen-bond donors (Lipinski definition) is 1. The average molecular weight is 520 g/mol. The lowest BCUT2D eigenvalue weighted by Gasteiger charge is -2.13. The van der Waals surface area contributed by atoms with Crippen LogP contribution in [-0.4, -0.2) is 26.5 Å². The normalized spacial score (nSPS) is 13.7. The van der Waals surface area contributed by atoms with Crippen molar-refractivity contribution in [3.05, 3.63) is 116 Å². The van der Waals surface area contributed by atoms with Gasteiger partial charge in [0.25, 0.3) is 17.2 Å². The fraction of sp³-hybridized carbons (Fsp3) is 0.111. The van der Waals surface area contributed by atoms with Crippen molar-refractivity contribution in [3.8, 4) is 5.69 Å². The van der Waals surface area contributed by atoms with Gasteiger partial charge in [-0.05, 0) is 30.2 Å². The van der Waals surface area contributed by atoms with Gasteiger partial charge in [0, 0.05) is 17.8 Å². The van der Waals surface area contributed by atoms with E-state index in [-0.39, 0.29) is 28.4 Å². The number of aryl methyl sites for hydroxylation is 1. The number of halogens is 2. The van der Waals surface area contributed by atoms with Crippen molar-refractivity contribution in [3.63, 3.8) is 0 Å². The fourth-order valence-corrected chi connectivity index (χ4v) is 4.58. The minimum Gasteiger partial charge on any atom is -0.294 e. The minimum absolute atomic E-state index is 0.0593. The number of carbonyl (C=O) groups excluding carboxylic acids is 2. The van der Waals surface area contributed by atoms with E-state index >= 15 is 0 Å². The Hall–Kier alpha value is -3.94.